The Morgan fingerprint density at radius 1 is 1.13 bits per heavy atom. The van der Waals surface area contributed by atoms with Crippen LogP contribution in [0.25, 0.3) is 10.6 Å². The van der Waals surface area contributed by atoms with Crippen LogP contribution >= 0.6 is 11.3 Å². The molecule has 1 saturated carbocycles. The van der Waals surface area contributed by atoms with Gasteiger partial charge < -0.3 is 10.1 Å². The zero-order valence-electron chi connectivity index (χ0n) is 17.1. The van der Waals surface area contributed by atoms with Crippen molar-refractivity contribution >= 4 is 23.2 Å². The first-order chi connectivity index (χ1) is 14.5. The number of nitrogens with one attached hydrogen (secondary N) is 1. The predicted octanol–water partition coefficient (Wildman–Crippen LogP) is 4.86. The topological polar surface area (TPSA) is 68.3 Å². The van der Waals surface area contributed by atoms with Crippen LogP contribution in [0.2, 0.25) is 0 Å². The van der Waals surface area contributed by atoms with Crippen molar-refractivity contribution in [3.63, 3.8) is 0 Å². The molecule has 0 unspecified atom stereocenters. The number of hydrogen-bond acceptors (Lipinski definition) is 5. The highest BCUT2D eigenvalue weighted by molar-refractivity contribution is 7.17. The highest BCUT2D eigenvalue weighted by atomic mass is 32.1. The van der Waals surface area contributed by atoms with Gasteiger partial charge in [-0.15, -0.1) is 11.3 Å². The molecule has 0 saturated heterocycles. The Morgan fingerprint density at radius 2 is 1.83 bits per heavy atom. The lowest BCUT2D eigenvalue weighted by molar-refractivity contribution is -0.130. The van der Waals surface area contributed by atoms with Gasteiger partial charge in [0, 0.05) is 17.2 Å². The van der Waals surface area contributed by atoms with Gasteiger partial charge in [-0.3, -0.25) is 4.79 Å². The summed E-state index contributed by atoms with van der Waals surface area (Å²) in [5.74, 6) is -0.809. The molecule has 1 heterocycles. The highest BCUT2D eigenvalue weighted by Crippen LogP contribution is 2.31. The molecule has 2 aromatic carbocycles. The summed E-state index contributed by atoms with van der Waals surface area (Å²) in [5.41, 5.74) is 3.47. The second-order valence-electron chi connectivity index (χ2n) is 7.46. The van der Waals surface area contributed by atoms with Crippen LogP contribution in [0.5, 0.6) is 0 Å². The third-order valence-corrected chi connectivity index (χ3v) is 6.27. The van der Waals surface area contributed by atoms with Crippen LogP contribution < -0.4 is 5.32 Å². The van der Waals surface area contributed by atoms with Gasteiger partial charge in [-0.1, -0.05) is 61.5 Å². The molecule has 1 atom stereocenters. The molecule has 30 heavy (non-hydrogen) atoms. The maximum absolute atomic E-state index is 13.0. The summed E-state index contributed by atoms with van der Waals surface area (Å²) in [5, 5.41) is 3.70. The molecule has 0 radical (unpaired) electrons. The number of carbonyl (C=O) groups is 2. The molecule has 1 N–H and O–H groups in total. The number of amides is 1. The Bertz CT molecular complexity index is 1040. The van der Waals surface area contributed by atoms with Gasteiger partial charge in [-0.05, 0) is 31.7 Å². The van der Waals surface area contributed by atoms with Gasteiger partial charge in [0.2, 0.25) is 6.10 Å². The lowest BCUT2D eigenvalue weighted by atomic mass is 10.1. The molecule has 0 spiro atoms. The number of esters is 1. The maximum atomic E-state index is 13.0. The number of aromatic nitrogens is 1. The number of thiazole rings is 1. The van der Waals surface area contributed by atoms with E-state index in [4.69, 9.17) is 4.74 Å². The molecule has 1 aliphatic rings. The quantitative estimate of drug-likeness (QED) is 0.555. The average Bonchev–Trinajstić information content (AvgIpc) is 3.50. The number of ether oxygens (including phenoxy) is 1. The van der Waals surface area contributed by atoms with Crippen molar-refractivity contribution in [2.24, 2.45) is 0 Å². The van der Waals surface area contributed by atoms with Gasteiger partial charge in [0.15, 0.2) is 0 Å². The van der Waals surface area contributed by atoms with Crippen LogP contribution in [0.1, 0.15) is 52.4 Å². The Balaban J connectivity index is 1.56. The molecule has 6 heteroatoms. The van der Waals surface area contributed by atoms with E-state index in [1.54, 1.807) is 19.1 Å². The first-order valence-corrected chi connectivity index (χ1v) is 11.0. The van der Waals surface area contributed by atoms with E-state index in [2.05, 4.69) is 29.4 Å². The molecule has 1 aliphatic carbocycles. The van der Waals surface area contributed by atoms with Crippen LogP contribution in [0.4, 0.5) is 0 Å². The van der Waals surface area contributed by atoms with Crippen LogP contribution in [0, 0.1) is 6.92 Å². The molecule has 0 aliphatic heterocycles. The maximum Gasteiger partial charge on any atom is 0.351 e. The molecular weight excluding hydrogens is 396 g/mol. The van der Waals surface area contributed by atoms with Crippen molar-refractivity contribution in [1.29, 1.82) is 0 Å². The minimum absolute atomic E-state index is 0.185. The van der Waals surface area contributed by atoms with Gasteiger partial charge in [-0.25, -0.2) is 9.78 Å². The Kier molecular flexibility index (Phi) is 5.95. The zero-order chi connectivity index (χ0) is 21.1. The predicted molar refractivity (Wildman–Crippen MR) is 117 cm³/mol. The SMILES string of the molecule is CCc1ccc(-c2nc(C)c(C(=O)O[C@@H](C(=O)NC3CC3)c3ccccc3)s2)cc1. The van der Waals surface area contributed by atoms with Gasteiger partial charge >= 0.3 is 5.97 Å². The van der Waals surface area contributed by atoms with Gasteiger partial charge in [0.05, 0.1) is 5.69 Å². The summed E-state index contributed by atoms with van der Waals surface area (Å²) in [4.78, 5) is 30.7. The van der Waals surface area contributed by atoms with Gasteiger partial charge in [0.1, 0.15) is 9.88 Å². The fraction of sp³-hybridized carbons (Fsp3) is 0.292. The molecule has 4 rings (SSSR count). The fourth-order valence-corrected chi connectivity index (χ4v) is 4.11. The van der Waals surface area contributed by atoms with E-state index in [1.807, 2.05) is 30.3 Å². The summed E-state index contributed by atoms with van der Waals surface area (Å²) in [6, 6.07) is 17.5. The molecule has 5 nitrogen and oxygen atoms in total. The minimum atomic E-state index is -0.979. The molecule has 1 aromatic heterocycles. The van der Waals surface area contributed by atoms with E-state index in [1.165, 1.54) is 16.9 Å². The van der Waals surface area contributed by atoms with E-state index in [-0.39, 0.29) is 11.9 Å². The second-order valence-corrected chi connectivity index (χ2v) is 8.46. The number of aryl methyl sites for hydroxylation is 2. The Labute approximate surface area is 180 Å². The normalized spacial score (nSPS) is 14.2. The molecule has 3 aromatic rings. The van der Waals surface area contributed by atoms with Gasteiger partial charge in [-0.2, -0.15) is 0 Å². The van der Waals surface area contributed by atoms with E-state index in [9.17, 15) is 9.59 Å². The average molecular weight is 421 g/mol. The second kappa shape index (κ2) is 8.79. The molecule has 1 amide bonds. The van der Waals surface area contributed by atoms with Crippen molar-refractivity contribution in [1.82, 2.24) is 10.3 Å². The molecular formula is C24H24N2O3S. The zero-order valence-corrected chi connectivity index (χ0v) is 17.9. The minimum Gasteiger partial charge on any atom is -0.443 e. The monoisotopic (exact) mass is 420 g/mol. The Hall–Kier alpha value is -2.99. The van der Waals surface area contributed by atoms with Crippen molar-refractivity contribution in [3.05, 3.63) is 76.3 Å². The van der Waals surface area contributed by atoms with Crippen LogP contribution in [-0.2, 0) is 16.0 Å². The van der Waals surface area contributed by atoms with Crippen LogP contribution in [-0.4, -0.2) is 22.9 Å². The number of carbonyl (C=O) groups excluding carboxylic acids is 2. The first kappa shape index (κ1) is 20.3. The number of nitrogens with zero attached hydrogens (tertiary/aromatic N) is 1. The van der Waals surface area contributed by atoms with E-state index >= 15 is 0 Å². The van der Waals surface area contributed by atoms with Crippen molar-refractivity contribution in [2.75, 3.05) is 0 Å². The molecule has 154 valence electrons. The van der Waals surface area contributed by atoms with E-state index in [0.717, 1.165) is 29.8 Å². The summed E-state index contributed by atoms with van der Waals surface area (Å²) < 4.78 is 5.70. The Morgan fingerprint density at radius 3 is 2.47 bits per heavy atom. The summed E-state index contributed by atoms with van der Waals surface area (Å²) in [7, 11) is 0. The number of benzene rings is 2. The molecule has 0 bridgehead atoms. The smallest absolute Gasteiger partial charge is 0.351 e. The van der Waals surface area contributed by atoms with Gasteiger partial charge in [0.25, 0.3) is 5.91 Å². The third-order valence-electron chi connectivity index (χ3n) is 5.08. The van der Waals surface area contributed by atoms with Crippen molar-refractivity contribution < 1.29 is 14.3 Å². The third kappa shape index (κ3) is 4.60. The lowest BCUT2D eigenvalue weighted by Crippen LogP contribution is -2.33. The van der Waals surface area contributed by atoms with Crippen LogP contribution in [0.3, 0.4) is 0 Å². The van der Waals surface area contributed by atoms with Crippen LogP contribution in [0.15, 0.2) is 54.6 Å². The number of hydrogen-bond donors (Lipinski definition) is 1. The van der Waals surface area contributed by atoms with Crippen molar-refractivity contribution in [2.45, 2.75) is 45.3 Å². The summed E-state index contributed by atoms with van der Waals surface area (Å²) in [6.07, 6.45) is 1.93. The fourth-order valence-electron chi connectivity index (χ4n) is 3.16. The summed E-state index contributed by atoms with van der Waals surface area (Å²) >= 11 is 1.29. The van der Waals surface area contributed by atoms with E-state index in [0.29, 0.717) is 16.1 Å². The number of rotatable bonds is 7. The largest absolute Gasteiger partial charge is 0.443 e. The van der Waals surface area contributed by atoms with Crippen molar-refractivity contribution in [3.8, 4) is 10.6 Å². The molecule has 1 fully saturated rings. The standard InChI is InChI=1S/C24H24N2O3S/c1-3-16-9-11-18(12-10-16)23-25-15(2)21(30-23)24(28)29-20(17-7-5-4-6-8-17)22(27)26-19-13-14-19/h4-12,19-20H,3,13-14H2,1-2H3,(H,26,27)/t20-/m1/s1. The van der Waals surface area contributed by atoms with E-state index < -0.39 is 12.1 Å². The first-order valence-electron chi connectivity index (χ1n) is 10.2. The summed E-state index contributed by atoms with van der Waals surface area (Å²) in [6.45, 7) is 3.90. The lowest BCUT2D eigenvalue weighted by Gasteiger charge is -2.17. The highest BCUT2D eigenvalue weighted by Gasteiger charge is 2.32.